The van der Waals surface area contributed by atoms with E-state index < -0.39 is 22.0 Å². The van der Waals surface area contributed by atoms with Gasteiger partial charge in [0.15, 0.2) is 0 Å². The molecule has 36 heavy (non-hydrogen) atoms. The number of hydrogen-bond acceptors (Lipinski definition) is 5. The van der Waals surface area contributed by atoms with Crippen molar-refractivity contribution in [3.05, 3.63) is 76.5 Å². The molecule has 0 bridgehead atoms. The van der Waals surface area contributed by atoms with Crippen molar-refractivity contribution in [3.8, 4) is 0 Å². The molecule has 12 heteroatoms. The third-order valence-corrected chi connectivity index (χ3v) is 8.24. The minimum Gasteiger partial charge on any atom is -0.351 e. The van der Waals surface area contributed by atoms with Gasteiger partial charge in [-0.1, -0.05) is 41.8 Å². The fraction of sp³-hybridized carbons (Fsp3) is 0.208. The first-order valence-electron chi connectivity index (χ1n) is 11.1. The van der Waals surface area contributed by atoms with Crippen LogP contribution in [-0.4, -0.2) is 42.7 Å². The summed E-state index contributed by atoms with van der Waals surface area (Å²) < 4.78 is 28.2. The molecule has 1 aliphatic rings. The highest BCUT2D eigenvalue weighted by molar-refractivity contribution is 7.89. The third kappa shape index (κ3) is 5.31. The third-order valence-electron chi connectivity index (χ3n) is 5.72. The van der Waals surface area contributed by atoms with Crippen LogP contribution in [0, 0.1) is 0 Å². The summed E-state index contributed by atoms with van der Waals surface area (Å²) in [4.78, 5) is 30.1. The lowest BCUT2D eigenvalue weighted by Crippen LogP contribution is -2.38. The van der Waals surface area contributed by atoms with Gasteiger partial charge in [0, 0.05) is 31.2 Å². The van der Waals surface area contributed by atoms with Gasteiger partial charge in [-0.15, -0.1) is 0 Å². The van der Waals surface area contributed by atoms with E-state index in [2.05, 4.69) is 10.3 Å². The molecule has 1 fully saturated rings. The van der Waals surface area contributed by atoms with E-state index in [1.54, 1.807) is 36.4 Å². The number of rotatable bonds is 6. The number of nitrogens with two attached hydrogens (primary N) is 1. The van der Waals surface area contributed by atoms with Gasteiger partial charge in [0.05, 0.1) is 27.0 Å². The van der Waals surface area contributed by atoms with Crippen molar-refractivity contribution >= 4 is 62.2 Å². The lowest BCUT2D eigenvalue weighted by atomic mass is 10.2. The maximum Gasteiger partial charge on any atom is 0.323 e. The lowest BCUT2D eigenvalue weighted by molar-refractivity contribution is 0.102. The van der Waals surface area contributed by atoms with Crippen LogP contribution in [0.2, 0.25) is 10.0 Å². The second-order valence-corrected chi connectivity index (χ2v) is 10.8. The molecule has 0 aliphatic carbocycles. The van der Waals surface area contributed by atoms with Gasteiger partial charge in [-0.2, -0.15) is 4.31 Å². The summed E-state index contributed by atoms with van der Waals surface area (Å²) in [6.07, 6.45) is 5.16. The van der Waals surface area contributed by atoms with Crippen LogP contribution >= 0.6 is 23.2 Å². The number of primary amides is 1. The Bertz CT molecular complexity index is 1370. The van der Waals surface area contributed by atoms with Crippen molar-refractivity contribution in [2.75, 3.05) is 23.3 Å². The van der Waals surface area contributed by atoms with E-state index in [-0.39, 0.29) is 26.2 Å². The molecule has 0 saturated carbocycles. The summed E-state index contributed by atoms with van der Waals surface area (Å²) in [6, 6.07) is 11.6. The summed E-state index contributed by atoms with van der Waals surface area (Å²) in [6.45, 7) is 0.848. The fourth-order valence-corrected chi connectivity index (χ4v) is 6.23. The van der Waals surface area contributed by atoms with E-state index in [4.69, 9.17) is 28.9 Å². The molecule has 188 valence electrons. The molecule has 2 aromatic carbocycles. The SMILES string of the molecule is NC(=O)N(c1ccc(NC(=O)c2c(Cl)cncc2Cl)cc1)c1ccccc1S(=O)(=O)N1CCCCC1. The van der Waals surface area contributed by atoms with Crippen LogP contribution in [0.15, 0.2) is 65.8 Å². The molecule has 0 radical (unpaired) electrons. The van der Waals surface area contributed by atoms with Crippen LogP contribution in [0.3, 0.4) is 0 Å². The molecular weight excluding hydrogens is 525 g/mol. The van der Waals surface area contributed by atoms with E-state index >= 15 is 0 Å². The number of nitrogens with one attached hydrogen (secondary N) is 1. The number of piperidine rings is 1. The number of anilines is 3. The van der Waals surface area contributed by atoms with Gasteiger partial charge in [-0.25, -0.2) is 13.2 Å². The zero-order valence-corrected chi connectivity index (χ0v) is 21.4. The van der Waals surface area contributed by atoms with Gasteiger partial charge in [-0.3, -0.25) is 14.7 Å². The molecule has 0 atom stereocenters. The van der Waals surface area contributed by atoms with Gasteiger partial charge in [0.2, 0.25) is 10.0 Å². The average Bonchev–Trinajstić information content (AvgIpc) is 2.86. The summed E-state index contributed by atoms with van der Waals surface area (Å²) in [5, 5.41) is 2.88. The highest BCUT2D eigenvalue weighted by atomic mass is 35.5. The molecule has 1 aromatic heterocycles. The zero-order valence-electron chi connectivity index (χ0n) is 19.0. The number of nitrogens with zero attached hydrogens (tertiary/aromatic N) is 3. The maximum atomic E-state index is 13.4. The number of amides is 3. The molecule has 3 aromatic rings. The van der Waals surface area contributed by atoms with Crippen molar-refractivity contribution < 1.29 is 18.0 Å². The molecule has 0 spiro atoms. The van der Waals surface area contributed by atoms with Gasteiger partial charge >= 0.3 is 6.03 Å². The van der Waals surface area contributed by atoms with Crippen LogP contribution in [0.25, 0.3) is 0 Å². The second kappa shape index (κ2) is 10.8. The van der Waals surface area contributed by atoms with Gasteiger partial charge in [0.25, 0.3) is 5.91 Å². The smallest absolute Gasteiger partial charge is 0.323 e. The van der Waals surface area contributed by atoms with Crippen molar-refractivity contribution in [2.24, 2.45) is 5.73 Å². The molecule has 0 unspecified atom stereocenters. The molecule has 1 aliphatic heterocycles. The Kier molecular flexibility index (Phi) is 7.79. The number of hydrogen-bond donors (Lipinski definition) is 2. The molecule has 3 N–H and O–H groups in total. The van der Waals surface area contributed by atoms with Crippen LogP contribution < -0.4 is 16.0 Å². The van der Waals surface area contributed by atoms with Crippen LogP contribution in [-0.2, 0) is 10.0 Å². The highest BCUT2D eigenvalue weighted by Gasteiger charge is 2.31. The zero-order chi connectivity index (χ0) is 25.9. The first-order valence-corrected chi connectivity index (χ1v) is 13.3. The standard InChI is InChI=1S/C24H23Cl2N5O4S/c25-18-14-28-15-19(26)22(18)23(32)29-16-8-10-17(11-9-16)31(24(27)33)20-6-2-3-7-21(20)36(34,35)30-12-4-1-5-13-30/h2-3,6-11,14-15H,1,4-5,12-13H2,(H2,27,33)(H,29,32). The number of urea groups is 1. The van der Waals surface area contributed by atoms with Crippen molar-refractivity contribution in [2.45, 2.75) is 24.2 Å². The Hall–Kier alpha value is -3.18. The fourth-order valence-electron chi connectivity index (χ4n) is 4.01. The van der Waals surface area contributed by atoms with Crippen LogP contribution in [0.1, 0.15) is 29.6 Å². The Morgan fingerprint density at radius 3 is 2.17 bits per heavy atom. The molecule has 9 nitrogen and oxygen atoms in total. The average molecular weight is 548 g/mol. The summed E-state index contributed by atoms with van der Waals surface area (Å²) in [7, 11) is -3.85. The Balaban J connectivity index is 1.64. The van der Waals surface area contributed by atoms with Crippen molar-refractivity contribution in [1.82, 2.24) is 9.29 Å². The second-order valence-electron chi connectivity index (χ2n) is 8.09. The first-order chi connectivity index (χ1) is 17.2. The number of benzene rings is 2. The first kappa shape index (κ1) is 25.9. The van der Waals surface area contributed by atoms with Gasteiger partial charge in [0.1, 0.15) is 4.90 Å². The number of carbonyl (C=O) groups is 2. The minimum absolute atomic E-state index is 0.00921. The van der Waals surface area contributed by atoms with E-state index in [0.717, 1.165) is 24.2 Å². The van der Waals surface area contributed by atoms with E-state index in [1.165, 1.54) is 28.8 Å². The molecule has 2 heterocycles. The van der Waals surface area contributed by atoms with Crippen LogP contribution in [0.5, 0.6) is 0 Å². The minimum atomic E-state index is -3.85. The Morgan fingerprint density at radius 2 is 1.56 bits per heavy atom. The maximum absolute atomic E-state index is 13.4. The number of halogens is 2. The molecule has 3 amide bonds. The van der Waals surface area contributed by atoms with E-state index in [1.807, 2.05) is 0 Å². The number of aromatic nitrogens is 1. The Morgan fingerprint density at radius 1 is 0.944 bits per heavy atom. The van der Waals surface area contributed by atoms with Crippen molar-refractivity contribution in [1.29, 1.82) is 0 Å². The largest absolute Gasteiger partial charge is 0.351 e. The summed E-state index contributed by atoms with van der Waals surface area (Å²) in [5.74, 6) is -0.537. The molecular formula is C24H23Cl2N5O4S. The monoisotopic (exact) mass is 547 g/mol. The number of sulfonamides is 1. The number of pyridine rings is 1. The molecule has 4 rings (SSSR count). The summed E-state index contributed by atoms with van der Waals surface area (Å²) >= 11 is 12.1. The quantitative estimate of drug-likeness (QED) is 0.447. The van der Waals surface area contributed by atoms with Crippen LogP contribution in [0.4, 0.5) is 21.9 Å². The van der Waals surface area contributed by atoms with Crippen molar-refractivity contribution in [3.63, 3.8) is 0 Å². The summed E-state index contributed by atoms with van der Waals surface area (Å²) in [5.41, 5.74) is 6.63. The van der Waals surface area contributed by atoms with E-state index in [0.29, 0.717) is 24.5 Å². The predicted molar refractivity (Wildman–Crippen MR) is 139 cm³/mol. The number of para-hydroxylation sites is 1. The highest BCUT2D eigenvalue weighted by Crippen LogP contribution is 2.34. The normalized spacial score (nSPS) is 14.3. The van der Waals surface area contributed by atoms with E-state index in [9.17, 15) is 18.0 Å². The Labute approximate surface area is 218 Å². The molecule has 1 saturated heterocycles. The topological polar surface area (TPSA) is 126 Å². The van der Waals surface area contributed by atoms with Gasteiger partial charge < -0.3 is 11.1 Å². The number of carbonyl (C=O) groups excluding carboxylic acids is 2. The predicted octanol–water partition coefficient (Wildman–Crippen LogP) is 5.03. The lowest BCUT2D eigenvalue weighted by Gasteiger charge is -2.29. The van der Waals surface area contributed by atoms with Gasteiger partial charge in [-0.05, 0) is 49.2 Å².